The van der Waals surface area contributed by atoms with E-state index in [1.165, 1.54) is 26.4 Å². The smallest absolute Gasteiger partial charge is 0.305 e. The molecule has 0 aromatic heterocycles. The van der Waals surface area contributed by atoms with Crippen LogP contribution in [0.25, 0.3) is 0 Å². The Kier molecular flexibility index (Phi) is 12.8. The van der Waals surface area contributed by atoms with Gasteiger partial charge >= 0.3 is 11.9 Å². The van der Waals surface area contributed by atoms with Gasteiger partial charge in [0.25, 0.3) is 0 Å². The van der Waals surface area contributed by atoms with Crippen LogP contribution in [-0.2, 0) is 33.7 Å². The number of aliphatic hydroxyl groups is 1. The lowest BCUT2D eigenvalue weighted by Gasteiger charge is -2.14. The maximum absolute atomic E-state index is 13.1. The Morgan fingerprint density at radius 1 is 1.08 bits per heavy atom. The molecule has 1 saturated carbocycles. The zero-order chi connectivity index (χ0) is 27.3. The topological polar surface area (TPSA) is 124 Å². The first-order valence-corrected chi connectivity index (χ1v) is 14.5. The molecule has 0 aromatic rings. The molecule has 8 nitrogen and oxygen atoms in total. The summed E-state index contributed by atoms with van der Waals surface area (Å²) in [5, 5.41) is 10.5. The molecule has 204 valence electrons. The van der Waals surface area contributed by atoms with E-state index in [0.717, 1.165) is 25.7 Å². The predicted octanol–water partition coefficient (Wildman–Crippen LogP) is 3.60. The Morgan fingerprint density at radius 3 is 2.38 bits per heavy atom. The summed E-state index contributed by atoms with van der Waals surface area (Å²) in [6, 6.07) is 0. The highest BCUT2D eigenvalue weighted by Gasteiger charge is 2.36. The lowest BCUT2D eigenvalue weighted by molar-refractivity contribution is -0.141. The summed E-state index contributed by atoms with van der Waals surface area (Å²) in [5.74, 6) is 3.84. The van der Waals surface area contributed by atoms with Crippen molar-refractivity contribution in [3.63, 3.8) is 0 Å². The molecule has 2 atom stereocenters. The number of methoxy groups -OCH3 is 2. The molecule has 0 bridgehead atoms. The van der Waals surface area contributed by atoms with Gasteiger partial charge in [0.1, 0.15) is 4.91 Å². The molecule has 2 aliphatic rings. The van der Waals surface area contributed by atoms with Crippen LogP contribution in [0.4, 0.5) is 0 Å². The number of Topliss-reactive ketones (excluding diaryl/α,β-unsaturated/α-hetero) is 1. The van der Waals surface area contributed by atoms with Crippen LogP contribution >= 0.6 is 0 Å². The van der Waals surface area contributed by atoms with Gasteiger partial charge in [0.15, 0.2) is 9.84 Å². The molecule has 0 amide bonds. The first kappa shape index (κ1) is 30.5. The highest BCUT2D eigenvalue weighted by molar-refractivity contribution is 7.96. The monoisotopic (exact) mass is 534 g/mol. The van der Waals surface area contributed by atoms with Crippen molar-refractivity contribution in [1.82, 2.24) is 0 Å². The molecule has 0 spiro atoms. The van der Waals surface area contributed by atoms with E-state index in [-0.39, 0.29) is 46.9 Å². The highest BCUT2D eigenvalue weighted by Crippen LogP contribution is 2.33. The van der Waals surface area contributed by atoms with E-state index in [0.29, 0.717) is 32.1 Å². The maximum atomic E-state index is 13.1. The zero-order valence-electron chi connectivity index (χ0n) is 21.7. The van der Waals surface area contributed by atoms with E-state index in [1.807, 2.05) is 0 Å². The van der Waals surface area contributed by atoms with E-state index in [2.05, 4.69) is 21.3 Å². The van der Waals surface area contributed by atoms with Crippen molar-refractivity contribution >= 4 is 27.6 Å². The normalized spacial score (nSPS) is 20.1. The van der Waals surface area contributed by atoms with E-state index >= 15 is 0 Å². The number of sulfone groups is 1. The number of hydrogen-bond donors (Lipinski definition) is 1. The largest absolute Gasteiger partial charge is 0.469 e. The van der Waals surface area contributed by atoms with Gasteiger partial charge in [-0.15, -0.1) is 0 Å². The number of rotatable bonds is 13. The molecule has 2 rings (SSSR count). The number of carbonyl (C=O) groups excluding carboxylic acids is 3. The number of unbranched alkanes of at least 4 members (excludes halogenated alkanes) is 3. The number of allylic oxidation sites excluding steroid dienone is 5. The summed E-state index contributed by atoms with van der Waals surface area (Å²) >= 11 is 0. The average Bonchev–Trinajstić information content (AvgIpc) is 3.53. The Balaban J connectivity index is 2.12. The average molecular weight is 535 g/mol. The molecule has 0 heterocycles. The minimum atomic E-state index is -3.83. The van der Waals surface area contributed by atoms with Crippen LogP contribution in [0, 0.1) is 23.7 Å². The van der Waals surface area contributed by atoms with Gasteiger partial charge in [-0.1, -0.05) is 49.3 Å². The summed E-state index contributed by atoms with van der Waals surface area (Å²) in [6.45, 7) is 0. The maximum Gasteiger partial charge on any atom is 0.305 e. The number of esters is 2. The molecule has 37 heavy (non-hydrogen) atoms. The first-order valence-electron chi connectivity index (χ1n) is 12.9. The molecule has 9 heteroatoms. The fourth-order valence-corrected chi connectivity index (χ4v) is 6.01. The summed E-state index contributed by atoms with van der Waals surface area (Å²) < 4.78 is 35.1. The van der Waals surface area contributed by atoms with Gasteiger partial charge in [-0.05, 0) is 44.1 Å². The van der Waals surface area contributed by atoms with Crippen molar-refractivity contribution in [2.45, 2.75) is 76.7 Å². The number of ether oxygens (including phenoxy) is 2. The lowest BCUT2D eigenvalue weighted by Crippen LogP contribution is -2.15. The summed E-state index contributed by atoms with van der Waals surface area (Å²) in [6.07, 6.45) is 12.4. The second-order valence-corrected chi connectivity index (χ2v) is 11.4. The number of ketones is 1. The van der Waals surface area contributed by atoms with Crippen LogP contribution in [0.2, 0.25) is 0 Å². The first-order chi connectivity index (χ1) is 17.7. The Hall–Kier alpha value is -2.70. The number of hydrogen-bond acceptors (Lipinski definition) is 8. The van der Waals surface area contributed by atoms with Gasteiger partial charge in [-0.2, -0.15) is 0 Å². The van der Waals surface area contributed by atoms with Crippen molar-refractivity contribution in [3.8, 4) is 11.8 Å². The van der Waals surface area contributed by atoms with Crippen LogP contribution < -0.4 is 0 Å². The molecule has 2 aliphatic carbocycles. The molecule has 0 radical (unpaired) electrons. The molecule has 0 aromatic carbocycles. The summed E-state index contributed by atoms with van der Waals surface area (Å²) in [4.78, 5) is 35.3. The fraction of sp³-hybridized carbons (Fsp3) is 0.607. The van der Waals surface area contributed by atoms with Gasteiger partial charge in [0, 0.05) is 30.8 Å². The van der Waals surface area contributed by atoms with Crippen LogP contribution in [0.1, 0.15) is 70.6 Å². The highest BCUT2D eigenvalue weighted by atomic mass is 32.2. The number of carbonyl (C=O) groups is 3. The van der Waals surface area contributed by atoms with Crippen molar-refractivity contribution < 1.29 is 37.4 Å². The predicted molar refractivity (Wildman–Crippen MR) is 140 cm³/mol. The van der Waals surface area contributed by atoms with Crippen LogP contribution in [-0.4, -0.2) is 57.3 Å². The number of aliphatic hydroxyl groups excluding tert-OH is 1. The third-order valence-corrected chi connectivity index (χ3v) is 8.49. The van der Waals surface area contributed by atoms with Crippen LogP contribution in [0.5, 0.6) is 0 Å². The minimum Gasteiger partial charge on any atom is -0.469 e. The standard InChI is InChI=1S/C28H38O8S/c1-35-26(30)15-7-4-3-6-14-23-22(17-18-24(29)21-12-9-10-13-21)20-25(28(23)32)37(33,34)19-11-5-8-16-27(31)36-2/h14,17-18,20-22,24,29H,4-5,7-13,15-16,19H2,1-2H3/b18-17+,23-14-. The van der Waals surface area contributed by atoms with Gasteiger partial charge < -0.3 is 14.6 Å². The van der Waals surface area contributed by atoms with Crippen LogP contribution in [0.3, 0.4) is 0 Å². The van der Waals surface area contributed by atoms with Crippen LogP contribution in [0.15, 0.2) is 34.8 Å². The van der Waals surface area contributed by atoms with Crippen molar-refractivity contribution in [1.29, 1.82) is 0 Å². The molecular weight excluding hydrogens is 496 g/mol. The SMILES string of the molecule is COC(=O)CCCC#C/C=C1\C(=O)C(S(=O)(=O)CCCCCC(=O)OC)=CC1/C=C/C(O)C1CCCC1. The summed E-state index contributed by atoms with van der Waals surface area (Å²) in [5.41, 5.74) is 0.250. The van der Waals surface area contributed by atoms with E-state index in [1.54, 1.807) is 12.2 Å². The van der Waals surface area contributed by atoms with E-state index < -0.39 is 27.6 Å². The van der Waals surface area contributed by atoms with Crippen molar-refractivity contribution in [3.05, 3.63) is 34.8 Å². The molecule has 2 unspecified atom stereocenters. The van der Waals surface area contributed by atoms with Gasteiger partial charge in [0.05, 0.1) is 26.1 Å². The van der Waals surface area contributed by atoms with Gasteiger partial charge in [-0.3, -0.25) is 14.4 Å². The lowest BCUT2D eigenvalue weighted by atomic mass is 9.96. The molecule has 0 aliphatic heterocycles. The van der Waals surface area contributed by atoms with Gasteiger partial charge in [-0.25, -0.2) is 8.42 Å². The Morgan fingerprint density at radius 2 is 1.73 bits per heavy atom. The second kappa shape index (κ2) is 15.5. The zero-order valence-corrected chi connectivity index (χ0v) is 22.6. The van der Waals surface area contributed by atoms with Crippen molar-refractivity contribution in [2.75, 3.05) is 20.0 Å². The third kappa shape index (κ3) is 9.94. The molecular formula is C28H38O8S. The third-order valence-electron chi connectivity index (χ3n) is 6.67. The molecule has 1 fully saturated rings. The quantitative estimate of drug-likeness (QED) is 0.125. The Bertz CT molecular complexity index is 1070. The minimum absolute atomic E-state index is 0.174. The molecule has 1 N–H and O–H groups in total. The summed E-state index contributed by atoms with van der Waals surface area (Å²) in [7, 11) is -1.20. The van der Waals surface area contributed by atoms with Gasteiger partial charge in [0.2, 0.25) is 5.78 Å². The van der Waals surface area contributed by atoms with Crippen molar-refractivity contribution in [2.24, 2.45) is 11.8 Å². The van der Waals surface area contributed by atoms with E-state index in [4.69, 9.17) is 0 Å². The fourth-order valence-electron chi connectivity index (χ4n) is 4.45. The van der Waals surface area contributed by atoms with E-state index in [9.17, 15) is 27.9 Å². The molecule has 0 saturated heterocycles. The second-order valence-electron chi connectivity index (χ2n) is 9.36. The Labute approximate surface area is 220 Å².